The maximum atomic E-state index is 8.73. The van der Waals surface area contributed by atoms with Gasteiger partial charge in [0.25, 0.3) is 0 Å². The van der Waals surface area contributed by atoms with E-state index < -0.39 is 0 Å². The molecule has 2 fully saturated rings. The second-order valence-corrected chi connectivity index (χ2v) is 4.58. The summed E-state index contributed by atoms with van der Waals surface area (Å²) in [4.78, 5) is 1.91. The van der Waals surface area contributed by atoms with Gasteiger partial charge in [0, 0.05) is 13.1 Å². The summed E-state index contributed by atoms with van der Waals surface area (Å²) >= 11 is 0. The molecule has 0 aromatic rings. The number of nitrogens with zero attached hydrogens (tertiary/aromatic N) is 2. The van der Waals surface area contributed by atoms with E-state index >= 15 is 0 Å². The fourth-order valence-electron chi connectivity index (χ4n) is 2.49. The molecule has 0 amide bonds. The molecule has 1 saturated carbocycles. The van der Waals surface area contributed by atoms with Crippen LogP contribution in [0.4, 0.5) is 0 Å². The summed E-state index contributed by atoms with van der Waals surface area (Å²) in [5.41, 5.74) is 0.894. The van der Waals surface area contributed by atoms with Gasteiger partial charge in [0.15, 0.2) is 6.19 Å². The highest BCUT2D eigenvalue weighted by molar-refractivity contribution is 5.11. The predicted molar refractivity (Wildman–Crippen MR) is 42.6 cm³/mol. The van der Waals surface area contributed by atoms with E-state index in [0.29, 0.717) is 10.8 Å². The van der Waals surface area contributed by atoms with Gasteiger partial charge in [-0.2, -0.15) is 5.26 Å². The van der Waals surface area contributed by atoms with Crippen molar-refractivity contribution in [1.29, 1.82) is 5.26 Å². The number of hydrogen-bond acceptors (Lipinski definition) is 2. The van der Waals surface area contributed by atoms with E-state index in [1.54, 1.807) is 0 Å². The third-order valence-corrected chi connectivity index (χ3v) is 3.91. The number of hydrogen-bond donors (Lipinski definition) is 0. The summed E-state index contributed by atoms with van der Waals surface area (Å²) in [7, 11) is 0. The molecule has 0 aromatic carbocycles. The number of fused-ring (bicyclic) bond motifs is 1. The Bertz CT molecular complexity index is 212. The van der Waals surface area contributed by atoms with Crippen molar-refractivity contribution in [3.63, 3.8) is 0 Å². The zero-order chi connectivity index (χ0) is 8.11. The lowest BCUT2D eigenvalue weighted by atomic mass is 9.53. The van der Waals surface area contributed by atoms with Crippen LogP contribution in [-0.2, 0) is 0 Å². The maximum Gasteiger partial charge on any atom is 0.179 e. The Kier molecular flexibility index (Phi) is 1.09. The molecular formula is C9H14N2. The average molecular weight is 150 g/mol. The Labute approximate surface area is 67.8 Å². The van der Waals surface area contributed by atoms with Crippen molar-refractivity contribution in [2.75, 3.05) is 13.1 Å². The minimum atomic E-state index is 0.447. The second-order valence-electron chi connectivity index (χ2n) is 4.58. The van der Waals surface area contributed by atoms with Crippen LogP contribution in [0.15, 0.2) is 0 Å². The van der Waals surface area contributed by atoms with Crippen molar-refractivity contribution in [2.24, 2.45) is 10.8 Å². The van der Waals surface area contributed by atoms with Gasteiger partial charge in [0.05, 0.1) is 0 Å². The Morgan fingerprint density at radius 1 is 1.18 bits per heavy atom. The quantitative estimate of drug-likeness (QED) is 0.490. The smallest absolute Gasteiger partial charge is 0.179 e. The molecule has 2 nitrogen and oxygen atoms in total. The van der Waals surface area contributed by atoms with E-state index in [0.717, 1.165) is 13.1 Å². The standard InChI is InChI=1S/C9H14N2/c1-8-3-4-9(8,2)6-11(5-8)7-10/h3-6H2,1-2H3/t8-,9+. The molecule has 11 heavy (non-hydrogen) atoms. The summed E-state index contributed by atoms with van der Waals surface area (Å²) < 4.78 is 0. The van der Waals surface area contributed by atoms with Crippen LogP contribution in [-0.4, -0.2) is 18.0 Å². The largest absolute Gasteiger partial charge is 0.309 e. The molecule has 0 spiro atoms. The van der Waals surface area contributed by atoms with E-state index in [1.807, 2.05) is 4.90 Å². The number of nitriles is 1. The van der Waals surface area contributed by atoms with Gasteiger partial charge in [-0.1, -0.05) is 13.8 Å². The number of likely N-dealkylation sites (tertiary alicyclic amines) is 1. The minimum absolute atomic E-state index is 0.447. The summed E-state index contributed by atoms with van der Waals surface area (Å²) in [5, 5.41) is 8.73. The van der Waals surface area contributed by atoms with Crippen molar-refractivity contribution >= 4 is 0 Å². The molecule has 2 aliphatic rings. The van der Waals surface area contributed by atoms with Crippen LogP contribution >= 0.6 is 0 Å². The van der Waals surface area contributed by atoms with Crippen LogP contribution in [0.2, 0.25) is 0 Å². The topological polar surface area (TPSA) is 27.0 Å². The average Bonchev–Trinajstić information content (AvgIpc) is 2.14. The first kappa shape index (κ1) is 6.97. The van der Waals surface area contributed by atoms with Crippen molar-refractivity contribution in [3.05, 3.63) is 0 Å². The molecule has 2 atom stereocenters. The normalized spacial score (nSPS) is 47.9. The highest BCUT2D eigenvalue weighted by Gasteiger charge is 2.58. The van der Waals surface area contributed by atoms with E-state index in [1.165, 1.54) is 12.8 Å². The second kappa shape index (κ2) is 1.72. The van der Waals surface area contributed by atoms with E-state index in [-0.39, 0.29) is 0 Å². The van der Waals surface area contributed by atoms with Gasteiger partial charge in [-0.05, 0) is 23.7 Å². The maximum absolute atomic E-state index is 8.73. The number of rotatable bonds is 0. The molecule has 0 N–H and O–H groups in total. The van der Waals surface area contributed by atoms with Crippen LogP contribution in [0.3, 0.4) is 0 Å². The Morgan fingerprint density at radius 2 is 1.64 bits per heavy atom. The van der Waals surface area contributed by atoms with Crippen LogP contribution in [0.5, 0.6) is 0 Å². The molecule has 0 unspecified atom stereocenters. The van der Waals surface area contributed by atoms with Gasteiger partial charge in [-0.15, -0.1) is 0 Å². The molecule has 0 aromatic heterocycles. The molecule has 0 bridgehead atoms. The van der Waals surface area contributed by atoms with Crippen molar-refractivity contribution in [3.8, 4) is 6.19 Å². The molecule has 0 radical (unpaired) electrons. The first-order chi connectivity index (χ1) is 5.10. The van der Waals surface area contributed by atoms with Crippen LogP contribution in [0.1, 0.15) is 26.7 Å². The lowest BCUT2D eigenvalue weighted by Crippen LogP contribution is -2.45. The molecule has 2 heteroatoms. The zero-order valence-corrected chi connectivity index (χ0v) is 7.22. The van der Waals surface area contributed by atoms with Gasteiger partial charge >= 0.3 is 0 Å². The van der Waals surface area contributed by atoms with Gasteiger partial charge in [0.1, 0.15) is 0 Å². The van der Waals surface area contributed by atoms with Crippen LogP contribution in [0, 0.1) is 22.3 Å². The first-order valence-electron chi connectivity index (χ1n) is 4.24. The van der Waals surface area contributed by atoms with Gasteiger partial charge < -0.3 is 4.90 Å². The minimum Gasteiger partial charge on any atom is -0.309 e. The molecule has 60 valence electrons. The van der Waals surface area contributed by atoms with Crippen molar-refractivity contribution in [2.45, 2.75) is 26.7 Å². The highest BCUT2D eigenvalue weighted by atomic mass is 15.2. The molecule has 1 saturated heterocycles. The summed E-state index contributed by atoms with van der Waals surface area (Å²) in [6.07, 6.45) is 4.86. The molecule has 1 aliphatic heterocycles. The SMILES string of the molecule is C[C@@]12CC[C@]1(C)CN(C#N)C2. The summed E-state index contributed by atoms with van der Waals surface area (Å²) in [5.74, 6) is 0. The van der Waals surface area contributed by atoms with Gasteiger partial charge in [-0.3, -0.25) is 0 Å². The van der Waals surface area contributed by atoms with E-state index in [2.05, 4.69) is 20.0 Å². The monoisotopic (exact) mass is 150 g/mol. The third-order valence-electron chi connectivity index (χ3n) is 3.91. The van der Waals surface area contributed by atoms with Crippen LogP contribution < -0.4 is 0 Å². The Morgan fingerprint density at radius 3 is 1.91 bits per heavy atom. The fourth-order valence-corrected chi connectivity index (χ4v) is 2.49. The Hall–Kier alpha value is -0.710. The van der Waals surface area contributed by atoms with Crippen molar-refractivity contribution in [1.82, 2.24) is 4.90 Å². The van der Waals surface area contributed by atoms with Gasteiger partial charge in [0.2, 0.25) is 0 Å². The van der Waals surface area contributed by atoms with Crippen LogP contribution in [0.25, 0.3) is 0 Å². The molecule has 1 aliphatic carbocycles. The van der Waals surface area contributed by atoms with Gasteiger partial charge in [-0.25, -0.2) is 0 Å². The lowest BCUT2D eigenvalue weighted by Gasteiger charge is -2.50. The zero-order valence-electron chi connectivity index (χ0n) is 7.22. The highest BCUT2D eigenvalue weighted by Crippen LogP contribution is 2.60. The molecule has 1 heterocycles. The van der Waals surface area contributed by atoms with E-state index in [4.69, 9.17) is 5.26 Å². The first-order valence-corrected chi connectivity index (χ1v) is 4.24. The van der Waals surface area contributed by atoms with Crippen molar-refractivity contribution < 1.29 is 0 Å². The molecule has 2 rings (SSSR count). The lowest BCUT2D eigenvalue weighted by molar-refractivity contribution is 0.00430. The van der Waals surface area contributed by atoms with E-state index in [9.17, 15) is 0 Å². The summed E-state index contributed by atoms with van der Waals surface area (Å²) in [6, 6.07) is 0. The predicted octanol–water partition coefficient (Wildman–Crippen LogP) is 1.59. The summed E-state index contributed by atoms with van der Waals surface area (Å²) in [6.45, 7) is 6.60. The third kappa shape index (κ3) is 0.663. The Balaban J connectivity index is 2.22. The fraction of sp³-hybridized carbons (Fsp3) is 0.889. The molecular weight excluding hydrogens is 136 g/mol.